The number of carboxylic acids is 1. The largest absolute Gasteiger partial charge is 0.481 e. The Morgan fingerprint density at radius 1 is 1.09 bits per heavy atom. The molecular weight excluding hydrogens is 436 g/mol. The number of amides is 2. The first-order valence-corrected chi connectivity index (χ1v) is 10.8. The van der Waals surface area contributed by atoms with Gasteiger partial charge in [-0.05, 0) is 44.6 Å². The number of esters is 1. The molecule has 0 heterocycles. The normalized spacial score (nSPS) is 12.4. The molecule has 2 atom stereocenters. The minimum atomic E-state index is -1.21. The van der Waals surface area contributed by atoms with Crippen LogP contribution in [-0.4, -0.2) is 59.6 Å². The molecule has 32 heavy (non-hydrogen) atoms. The van der Waals surface area contributed by atoms with Gasteiger partial charge in [-0.15, -0.1) is 0 Å². The summed E-state index contributed by atoms with van der Waals surface area (Å²) in [4.78, 5) is 47.8. The summed E-state index contributed by atoms with van der Waals surface area (Å²) >= 11 is 1.11. The highest BCUT2D eigenvalue weighted by Crippen LogP contribution is 2.09. The number of benzene rings is 1. The second-order valence-electron chi connectivity index (χ2n) is 7.62. The summed E-state index contributed by atoms with van der Waals surface area (Å²) in [5, 5.41) is 16.6. The fourth-order valence-corrected chi connectivity index (χ4v) is 2.97. The lowest BCUT2D eigenvalue weighted by Gasteiger charge is -2.24. The smallest absolute Gasteiger partial charge is 0.408 e. The standard InChI is InChI=1S/C22H28N2O7S/c1-22(2,3)31-21(29)24-16(10-11-18(25)26)19(27)23-17(20(28)30-4)14-32-13-12-15-8-6-5-7-9-15/h5-9,16-17H,10-11,14H2,1-4H3,(H,23,27)(H,24,29)(H,25,26)/t16-,17-/m0/s1. The fraction of sp³-hybridized carbons (Fsp3) is 0.455. The van der Waals surface area contributed by atoms with Crippen molar-refractivity contribution < 1.29 is 33.8 Å². The van der Waals surface area contributed by atoms with Crippen molar-refractivity contribution in [3.63, 3.8) is 0 Å². The number of rotatable bonds is 9. The third kappa shape index (κ3) is 11.3. The van der Waals surface area contributed by atoms with E-state index in [9.17, 15) is 19.2 Å². The van der Waals surface area contributed by atoms with Gasteiger partial charge in [-0.25, -0.2) is 9.59 Å². The van der Waals surface area contributed by atoms with Gasteiger partial charge >= 0.3 is 18.0 Å². The van der Waals surface area contributed by atoms with Crippen LogP contribution in [0.4, 0.5) is 4.79 Å². The Balaban J connectivity index is 2.82. The van der Waals surface area contributed by atoms with E-state index in [0.29, 0.717) is 0 Å². The fourth-order valence-electron chi connectivity index (χ4n) is 2.31. The summed E-state index contributed by atoms with van der Waals surface area (Å²) in [6, 6.07) is 6.98. The summed E-state index contributed by atoms with van der Waals surface area (Å²) in [7, 11) is 1.18. The second kappa shape index (κ2) is 13.3. The van der Waals surface area contributed by atoms with Gasteiger partial charge < -0.3 is 25.2 Å². The van der Waals surface area contributed by atoms with Gasteiger partial charge in [0.1, 0.15) is 17.7 Å². The highest BCUT2D eigenvalue weighted by Gasteiger charge is 2.29. The Kier molecular flexibility index (Phi) is 11.1. The van der Waals surface area contributed by atoms with E-state index in [2.05, 4.69) is 21.8 Å². The van der Waals surface area contributed by atoms with E-state index < -0.39 is 41.6 Å². The van der Waals surface area contributed by atoms with Crippen LogP contribution in [0.1, 0.15) is 39.2 Å². The number of nitrogens with one attached hydrogen (secondary N) is 2. The number of thioether (sulfide) groups is 1. The van der Waals surface area contributed by atoms with Crippen molar-refractivity contribution in [3.8, 4) is 11.2 Å². The zero-order valence-electron chi connectivity index (χ0n) is 18.5. The van der Waals surface area contributed by atoms with E-state index >= 15 is 0 Å². The van der Waals surface area contributed by atoms with Crippen LogP contribution in [0.5, 0.6) is 0 Å². The molecule has 0 saturated heterocycles. The van der Waals surface area contributed by atoms with Crippen molar-refractivity contribution >= 4 is 35.7 Å². The number of carbonyl (C=O) groups is 4. The van der Waals surface area contributed by atoms with E-state index in [0.717, 1.165) is 17.3 Å². The summed E-state index contributed by atoms with van der Waals surface area (Å²) < 4.78 is 9.86. The van der Waals surface area contributed by atoms with Crippen molar-refractivity contribution in [2.75, 3.05) is 12.9 Å². The zero-order chi connectivity index (χ0) is 24.1. The highest BCUT2D eigenvalue weighted by atomic mass is 32.2. The molecule has 0 aliphatic carbocycles. The highest BCUT2D eigenvalue weighted by molar-refractivity contribution is 8.03. The maximum Gasteiger partial charge on any atom is 0.408 e. The summed E-state index contributed by atoms with van der Waals surface area (Å²) in [6.07, 6.45) is -1.43. The van der Waals surface area contributed by atoms with Crippen LogP contribution in [0.3, 0.4) is 0 Å². The predicted molar refractivity (Wildman–Crippen MR) is 120 cm³/mol. The van der Waals surface area contributed by atoms with Gasteiger partial charge in [0.2, 0.25) is 5.91 Å². The molecule has 0 aromatic heterocycles. The van der Waals surface area contributed by atoms with Crippen LogP contribution < -0.4 is 10.6 Å². The van der Waals surface area contributed by atoms with Crippen LogP contribution in [0, 0.1) is 11.2 Å². The predicted octanol–water partition coefficient (Wildman–Crippen LogP) is 2.14. The number of hydrogen-bond acceptors (Lipinski definition) is 7. The monoisotopic (exact) mass is 464 g/mol. The molecule has 0 radical (unpaired) electrons. The molecule has 10 heteroatoms. The van der Waals surface area contributed by atoms with Gasteiger partial charge in [0.05, 0.1) is 7.11 Å². The first-order valence-electron chi connectivity index (χ1n) is 9.79. The summed E-state index contributed by atoms with van der Waals surface area (Å²) in [5.41, 5.74) is -0.00508. The molecular formula is C22H28N2O7S. The maximum absolute atomic E-state index is 12.7. The van der Waals surface area contributed by atoms with Gasteiger partial charge in [0.15, 0.2) is 0 Å². The maximum atomic E-state index is 12.7. The molecule has 1 rings (SSSR count). The average Bonchev–Trinajstić information content (AvgIpc) is 2.71. The molecule has 1 aromatic carbocycles. The topological polar surface area (TPSA) is 131 Å². The van der Waals surface area contributed by atoms with Crippen LogP contribution in [0.15, 0.2) is 30.3 Å². The Morgan fingerprint density at radius 2 is 1.75 bits per heavy atom. The van der Waals surface area contributed by atoms with E-state index in [-0.39, 0.29) is 18.6 Å². The number of aliphatic carboxylic acids is 1. The van der Waals surface area contributed by atoms with Crippen molar-refractivity contribution in [1.82, 2.24) is 10.6 Å². The van der Waals surface area contributed by atoms with Crippen LogP contribution >= 0.6 is 11.8 Å². The Labute approximate surface area is 191 Å². The van der Waals surface area contributed by atoms with Gasteiger partial charge in [0, 0.05) is 17.7 Å². The van der Waals surface area contributed by atoms with Crippen molar-refractivity contribution in [3.05, 3.63) is 35.9 Å². The van der Waals surface area contributed by atoms with E-state index in [4.69, 9.17) is 14.6 Å². The Morgan fingerprint density at radius 3 is 2.31 bits per heavy atom. The van der Waals surface area contributed by atoms with Gasteiger partial charge in [0.25, 0.3) is 0 Å². The molecule has 0 aliphatic heterocycles. The molecule has 1 aromatic rings. The quantitative estimate of drug-likeness (QED) is 0.374. The van der Waals surface area contributed by atoms with Crippen molar-refractivity contribution in [2.45, 2.75) is 51.3 Å². The minimum absolute atomic E-state index is 0.0936. The molecule has 2 amide bonds. The molecule has 0 saturated carbocycles. The van der Waals surface area contributed by atoms with Crippen LogP contribution in [-0.2, 0) is 23.9 Å². The first kappa shape index (κ1) is 26.8. The van der Waals surface area contributed by atoms with E-state index in [1.165, 1.54) is 7.11 Å². The molecule has 0 bridgehead atoms. The van der Waals surface area contributed by atoms with Crippen LogP contribution in [0.2, 0.25) is 0 Å². The van der Waals surface area contributed by atoms with Crippen molar-refractivity contribution in [2.24, 2.45) is 0 Å². The molecule has 174 valence electrons. The number of hydrogen-bond donors (Lipinski definition) is 3. The summed E-state index contributed by atoms with van der Waals surface area (Å²) in [5.74, 6) is 0.457. The third-order valence-corrected chi connectivity index (χ3v) is 4.49. The number of alkyl carbamates (subject to hydrolysis) is 1. The second-order valence-corrected chi connectivity index (χ2v) is 8.45. The molecule has 0 unspecified atom stereocenters. The number of methoxy groups -OCH3 is 1. The number of carboxylic acid groups (broad SMARTS) is 1. The Bertz CT molecular complexity index is 857. The van der Waals surface area contributed by atoms with E-state index in [1.807, 2.05) is 30.3 Å². The Hall–Kier alpha value is -3.19. The van der Waals surface area contributed by atoms with Gasteiger partial charge in [-0.1, -0.05) is 35.9 Å². The lowest BCUT2D eigenvalue weighted by atomic mass is 10.1. The average molecular weight is 465 g/mol. The first-order chi connectivity index (χ1) is 15.0. The molecule has 0 fully saturated rings. The number of carbonyl (C=O) groups excluding carboxylic acids is 3. The van der Waals surface area contributed by atoms with Crippen molar-refractivity contribution in [1.29, 1.82) is 0 Å². The minimum Gasteiger partial charge on any atom is -0.481 e. The number of ether oxygens (including phenoxy) is 2. The SMILES string of the molecule is COC(=O)[C@H](CSC#Cc1ccccc1)NC(=O)[C@H](CCC(=O)O)NC(=O)OC(C)(C)C. The van der Waals surface area contributed by atoms with E-state index in [1.54, 1.807) is 20.8 Å². The zero-order valence-corrected chi connectivity index (χ0v) is 19.3. The molecule has 0 spiro atoms. The van der Waals surface area contributed by atoms with Gasteiger partial charge in [-0.3, -0.25) is 9.59 Å². The summed E-state index contributed by atoms with van der Waals surface area (Å²) in [6.45, 7) is 4.96. The third-order valence-electron chi connectivity index (χ3n) is 3.75. The van der Waals surface area contributed by atoms with Gasteiger partial charge in [-0.2, -0.15) is 0 Å². The lowest BCUT2D eigenvalue weighted by molar-refractivity contribution is -0.144. The molecule has 3 N–H and O–H groups in total. The van der Waals surface area contributed by atoms with Crippen LogP contribution in [0.25, 0.3) is 0 Å². The molecule has 0 aliphatic rings. The lowest BCUT2D eigenvalue weighted by Crippen LogP contribution is -2.53. The molecule has 9 nitrogen and oxygen atoms in total.